The van der Waals surface area contributed by atoms with E-state index in [1.54, 1.807) is 0 Å². The molecule has 1 aromatic carbocycles. The Labute approximate surface area is 121 Å². The summed E-state index contributed by atoms with van der Waals surface area (Å²) in [5.74, 6) is 0.828. The molecule has 2 unspecified atom stereocenters. The maximum atomic E-state index is 11.7. The Balaban J connectivity index is 2.14. The minimum absolute atomic E-state index is 0.0325. The number of para-hydroxylation sites is 1. The zero-order valence-corrected chi connectivity index (χ0v) is 12.9. The number of ether oxygens (including phenoxy) is 1. The molecule has 2 N–H and O–H groups in total. The average molecular weight is 297 g/mol. The molecule has 0 heterocycles. The fourth-order valence-electron chi connectivity index (χ4n) is 2.81. The number of hydrogen-bond acceptors (Lipinski definition) is 4. The molecule has 0 bridgehead atoms. The number of rotatable bonds is 4. The summed E-state index contributed by atoms with van der Waals surface area (Å²) in [4.78, 5) is 0. The maximum Gasteiger partial charge on any atom is 0.150 e. The minimum Gasteiger partial charge on any atom is -0.490 e. The van der Waals surface area contributed by atoms with Gasteiger partial charge in [0.1, 0.15) is 15.6 Å². The van der Waals surface area contributed by atoms with Crippen LogP contribution in [0.2, 0.25) is 0 Å². The summed E-state index contributed by atoms with van der Waals surface area (Å²) in [5.41, 5.74) is 7.77. The van der Waals surface area contributed by atoms with Crippen LogP contribution < -0.4 is 10.5 Å². The van der Waals surface area contributed by atoms with Gasteiger partial charge in [0.05, 0.1) is 11.4 Å². The molecule has 1 aliphatic rings. The lowest BCUT2D eigenvalue weighted by Gasteiger charge is -2.29. The lowest BCUT2D eigenvalue weighted by Crippen LogP contribution is -2.33. The van der Waals surface area contributed by atoms with Crippen molar-refractivity contribution >= 4 is 9.84 Å². The second kappa shape index (κ2) is 6.14. The molecule has 0 aliphatic heterocycles. The third-order valence-corrected chi connectivity index (χ3v) is 5.62. The number of hydrogen-bond donors (Lipinski definition) is 1. The number of benzene rings is 1. The van der Waals surface area contributed by atoms with E-state index in [2.05, 4.69) is 0 Å². The van der Waals surface area contributed by atoms with Gasteiger partial charge in [-0.05, 0) is 31.7 Å². The molecule has 0 saturated heterocycles. The Morgan fingerprint density at radius 3 is 2.75 bits per heavy atom. The van der Waals surface area contributed by atoms with E-state index in [1.807, 2.05) is 25.1 Å². The number of nitrogens with two attached hydrogens (primary N) is 1. The predicted octanol–water partition coefficient (Wildman–Crippen LogP) is 2.19. The summed E-state index contributed by atoms with van der Waals surface area (Å²) in [7, 11) is -2.98. The molecule has 2 rings (SSSR count). The van der Waals surface area contributed by atoms with Gasteiger partial charge in [-0.2, -0.15) is 0 Å². The highest BCUT2D eigenvalue weighted by molar-refractivity contribution is 7.91. The van der Waals surface area contributed by atoms with Crippen molar-refractivity contribution in [1.82, 2.24) is 0 Å². The van der Waals surface area contributed by atoms with Gasteiger partial charge in [-0.3, -0.25) is 0 Å². The molecular formula is C15H23NO3S. The highest BCUT2D eigenvalue weighted by Gasteiger charge is 2.30. The average Bonchev–Trinajstić information content (AvgIpc) is 2.40. The zero-order valence-electron chi connectivity index (χ0n) is 12.1. The van der Waals surface area contributed by atoms with Gasteiger partial charge >= 0.3 is 0 Å². The largest absolute Gasteiger partial charge is 0.490 e. The van der Waals surface area contributed by atoms with Crippen molar-refractivity contribution in [2.75, 3.05) is 6.26 Å². The van der Waals surface area contributed by atoms with E-state index in [-0.39, 0.29) is 11.4 Å². The Bertz CT molecular complexity index is 568. The summed E-state index contributed by atoms with van der Waals surface area (Å²) in [6, 6.07) is 5.91. The summed E-state index contributed by atoms with van der Waals surface area (Å²) in [5, 5.41) is -0.272. The van der Waals surface area contributed by atoms with Crippen molar-refractivity contribution in [3.8, 4) is 5.75 Å². The van der Waals surface area contributed by atoms with Gasteiger partial charge in [-0.25, -0.2) is 8.42 Å². The molecular weight excluding hydrogens is 274 g/mol. The van der Waals surface area contributed by atoms with Gasteiger partial charge in [0.25, 0.3) is 0 Å². The zero-order chi connectivity index (χ0) is 14.8. The van der Waals surface area contributed by atoms with Gasteiger partial charge in [0.15, 0.2) is 0 Å². The Hall–Kier alpha value is -1.07. The van der Waals surface area contributed by atoms with Crippen LogP contribution in [0.3, 0.4) is 0 Å². The molecule has 0 spiro atoms. The first-order chi connectivity index (χ1) is 9.41. The molecule has 0 aromatic heterocycles. The van der Waals surface area contributed by atoms with Crippen LogP contribution in [0.25, 0.3) is 0 Å². The highest BCUT2D eigenvalue weighted by atomic mass is 32.2. The lowest BCUT2D eigenvalue weighted by molar-refractivity contribution is 0.154. The molecule has 5 heteroatoms. The van der Waals surface area contributed by atoms with E-state index >= 15 is 0 Å². The third kappa shape index (κ3) is 3.52. The van der Waals surface area contributed by atoms with Crippen molar-refractivity contribution in [2.45, 2.75) is 50.5 Å². The summed E-state index contributed by atoms with van der Waals surface area (Å²) in [6.45, 7) is 2.42. The van der Waals surface area contributed by atoms with Crippen molar-refractivity contribution in [3.63, 3.8) is 0 Å². The topological polar surface area (TPSA) is 69.4 Å². The molecule has 0 radical (unpaired) electrons. The van der Waals surface area contributed by atoms with Crippen molar-refractivity contribution < 1.29 is 13.2 Å². The maximum absolute atomic E-state index is 11.7. The quantitative estimate of drug-likeness (QED) is 0.925. The fraction of sp³-hybridized carbons (Fsp3) is 0.600. The Morgan fingerprint density at radius 2 is 2.10 bits per heavy atom. The van der Waals surface area contributed by atoms with Crippen molar-refractivity contribution in [3.05, 3.63) is 29.3 Å². The minimum atomic E-state index is -2.98. The highest BCUT2D eigenvalue weighted by Crippen LogP contribution is 2.30. The monoisotopic (exact) mass is 297 g/mol. The fourth-order valence-corrected chi connectivity index (χ4v) is 3.97. The van der Waals surface area contributed by atoms with Crippen LogP contribution in [0.15, 0.2) is 18.2 Å². The van der Waals surface area contributed by atoms with Crippen LogP contribution in [-0.4, -0.2) is 26.0 Å². The second-order valence-corrected chi connectivity index (χ2v) is 7.95. The smallest absolute Gasteiger partial charge is 0.150 e. The predicted molar refractivity (Wildman–Crippen MR) is 80.6 cm³/mol. The SMILES string of the molecule is Cc1cccc(CN)c1OC1CCCC(S(C)(=O)=O)C1. The van der Waals surface area contributed by atoms with E-state index in [0.717, 1.165) is 36.1 Å². The van der Waals surface area contributed by atoms with Crippen LogP contribution in [0, 0.1) is 6.92 Å². The van der Waals surface area contributed by atoms with E-state index in [0.29, 0.717) is 13.0 Å². The van der Waals surface area contributed by atoms with Crippen LogP contribution in [0.1, 0.15) is 36.8 Å². The number of sulfone groups is 1. The van der Waals surface area contributed by atoms with Gasteiger partial charge in [-0.15, -0.1) is 0 Å². The van der Waals surface area contributed by atoms with Crippen LogP contribution in [0.5, 0.6) is 5.75 Å². The third-order valence-electron chi connectivity index (χ3n) is 3.98. The van der Waals surface area contributed by atoms with Crippen LogP contribution >= 0.6 is 0 Å². The molecule has 1 aromatic rings. The first kappa shape index (κ1) is 15.3. The number of aryl methyl sites for hydroxylation is 1. The summed E-state index contributed by atoms with van der Waals surface area (Å²) in [6.07, 6.45) is 4.42. The first-order valence-electron chi connectivity index (χ1n) is 7.06. The molecule has 1 saturated carbocycles. The molecule has 20 heavy (non-hydrogen) atoms. The second-order valence-electron chi connectivity index (χ2n) is 5.63. The standard InChI is InChI=1S/C15H23NO3S/c1-11-5-3-6-12(10-16)15(11)19-13-7-4-8-14(9-13)20(2,17)18/h3,5-6,13-14H,4,7-10,16H2,1-2H3. The molecule has 2 atom stereocenters. The van der Waals surface area contributed by atoms with Gasteiger partial charge in [-0.1, -0.05) is 18.2 Å². The molecule has 112 valence electrons. The van der Waals surface area contributed by atoms with Gasteiger partial charge < -0.3 is 10.5 Å². The Kier molecular flexibility index (Phi) is 4.70. The molecule has 4 nitrogen and oxygen atoms in total. The van der Waals surface area contributed by atoms with Crippen molar-refractivity contribution in [2.24, 2.45) is 5.73 Å². The lowest BCUT2D eigenvalue weighted by atomic mass is 9.97. The molecule has 0 amide bonds. The van der Waals surface area contributed by atoms with E-state index < -0.39 is 9.84 Å². The molecule has 1 fully saturated rings. The van der Waals surface area contributed by atoms with Gasteiger partial charge in [0, 0.05) is 24.8 Å². The van der Waals surface area contributed by atoms with E-state index in [4.69, 9.17) is 10.5 Å². The normalized spacial score (nSPS) is 23.6. The van der Waals surface area contributed by atoms with Crippen LogP contribution in [0.4, 0.5) is 0 Å². The summed E-state index contributed by atoms with van der Waals surface area (Å²) >= 11 is 0. The van der Waals surface area contributed by atoms with E-state index in [9.17, 15) is 8.42 Å². The molecule has 1 aliphatic carbocycles. The van der Waals surface area contributed by atoms with Gasteiger partial charge in [0.2, 0.25) is 0 Å². The Morgan fingerprint density at radius 1 is 1.35 bits per heavy atom. The van der Waals surface area contributed by atoms with Crippen molar-refractivity contribution in [1.29, 1.82) is 0 Å². The van der Waals surface area contributed by atoms with Crippen LogP contribution in [-0.2, 0) is 16.4 Å². The first-order valence-corrected chi connectivity index (χ1v) is 9.01. The van der Waals surface area contributed by atoms with E-state index in [1.165, 1.54) is 6.26 Å². The summed E-state index contributed by atoms with van der Waals surface area (Å²) < 4.78 is 29.5.